The molecule has 0 N–H and O–H groups in total. The van der Waals surface area contributed by atoms with Gasteiger partial charge in [0, 0.05) is 5.56 Å². The number of fused-ring (bicyclic) bond motifs is 1. The van der Waals surface area contributed by atoms with E-state index in [2.05, 4.69) is 4.18 Å². The van der Waals surface area contributed by atoms with Crippen molar-refractivity contribution in [3.8, 4) is 5.75 Å². The summed E-state index contributed by atoms with van der Waals surface area (Å²) < 4.78 is 25.4. The predicted molar refractivity (Wildman–Crippen MR) is 64.9 cm³/mol. The maximum absolute atomic E-state index is 11.2. The summed E-state index contributed by atoms with van der Waals surface area (Å²) in [5, 5.41) is 1.69. The highest BCUT2D eigenvalue weighted by Gasteiger charge is 2.02. The number of benzene rings is 2. The highest BCUT2D eigenvalue weighted by atomic mass is 32.2. The van der Waals surface area contributed by atoms with Crippen LogP contribution < -0.4 is 4.18 Å². The molecule has 0 aromatic heterocycles. The minimum Gasteiger partial charge on any atom is -0.384 e. The maximum atomic E-state index is 11.2. The highest BCUT2D eigenvalue weighted by Crippen LogP contribution is 2.22. The van der Waals surface area contributed by atoms with Gasteiger partial charge in [0.25, 0.3) is 11.0 Å². The van der Waals surface area contributed by atoms with Crippen LogP contribution in [0.4, 0.5) is 0 Å². The molecule has 2 aromatic rings. The zero-order chi connectivity index (χ0) is 12.4. The van der Waals surface area contributed by atoms with E-state index in [-0.39, 0.29) is 11.5 Å². The molecule has 2 aromatic carbocycles. The van der Waals surface area contributed by atoms with E-state index in [1.54, 1.807) is 36.4 Å². The Morgan fingerprint density at radius 1 is 1.06 bits per heavy atom. The van der Waals surface area contributed by atoms with E-state index in [0.29, 0.717) is 5.56 Å². The van der Waals surface area contributed by atoms with Crippen LogP contribution in [-0.4, -0.2) is 14.2 Å². The van der Waals surface area contributed by atoms with Gasteiger partial charge in [-0.25, -0.2) is 0 Å². The van der Waals surface area contributed by atoms with Crippen molar-refractivity contribution in [3.63, 3.8) is 0 Å². The summed E-state index contributed by atoms with van der Waals surface area (Å²) in [5.74, 6) is 0.263. The fourth-order valence-electron chi connectivity index (χ4n) is 1.59. The van der Waals surface area contributed by atoms with Crippen molar-refractivity contribution < 1.29 is 17.4 Å². The van der Waals surface area contributed by atoms with Gasteiger partial charge in [-0.1, -0.05) is 18.2 Å². The number of ketones is 1. The van der Waals surface area contributed by atoms with E-state index < -0.39 is 11.0 Å². The average Bonchev–Trinajstić information content (AvgIpc) is 2.27. The molecule has 2 rings (SSSR count). The van der Waals surface area contributed by atoms with Crippen molar-refractivity contribution in [2.75, 3.05) is 0 Å². The van der Waals surface area contributed by atoms with Crippen molar-refractivity contribution in [2.24, 2.45) is 0 Å². The van der Waals surface area contributed by atoms with Crippen molar-refractivity contribution in [3.05, 3.63) is 42.0 Å². The van der Waals surface area contributed by atoms with Gasteiger partial charge in [-0.05, 0) is 35.9 Å². The van der Waals surface area contributed by atoms with Crippen LogP contribution in [-0.2, 0) is 11.0 Å². The minimum absolute atomic E-state index is 0.00476. The molecule has 0 spiro atoms. The normalized spacial score (nSPS) is 10.7. The Morgan fingerprint density at radius 2 is 1.71 bits per heavy atom. The average molecular weight is 250 g/mol. The molecule has 5 heteroatoms. The third-order valence-electron chi connectivity index (χ3n) is 2.40. The molecule has 0 fully saturated rings. The van der Waals surface area contributed by atoms with Gasteiger partial charge in [-0.2, -0.15) is 8.42 Å². The standard InChI is InChI=1S/C12H10O4S/c1-8(13)9-2-3-11-7-12(16-17(14)15)5-4-10(11)6-9/h2-7,17H,1H3. The Balaban J connectivity index is 2.50. The van der Waals surface area contributed by atoms with E-state index in [0.717, 1.165) is 10.8 Å². The third kappa shape index (κ3) is 2.62. The number of Topliss-reactive ketones (excluding diaryl/α,β-unsaturated/α-hetero) is 1. The molecule has 88 valence electrons. The summed E-state index contributed by atoms with van der Waals surface area (Å²) in [7, 11) is -2.90. The molecule has 0 amide bonds. The molecule has 4 nitrogen and oxygen atoms in total. The highest BCUT2D eigenvalue weighted by molar-refractivity contribution is 7.67. The first kappa shape index (κ1) is 11.6. The molecule has 0 radical (unpaired) electrons. The minimum atomic E-state index is -2.90. The van der Waals surface area contributed by atoms with E-state index >= 15 is 0 Å². The topological polar surface area (TPSA) is 60.4 Å². The maximum Gasteiger partial charge on any atom is 0.299 e. The summed E-state index contributed by atoms with van der Waals surface area (Å²) in [5.41, 5.74) is 0.626. The Morgan fingerprint density at radius 3 is 2.35 bits per heavy atom. The van der Waals surface area contributed by atoms with Crippen molar-refractivity contribution in [1.82, 2.24) is 0 Å². The van der Waals surface area contributed by atoms with Crippen molar-refractivity contribution in [2.45, 2.75) is 6.92 Å². The SMILES string of the molecule is CC(=O)c1ccc2cc(O[SH](=O)=O)ccc2c1. The third-order valence-corrected chi connectivity index (χ3v) is 2.76. The quantitative estimate of drug-likeness (QED) is 0.668. The fourth-order valence-corrected chi connectivity index (χ4v) is 1.87. The van der Waals surface area contributed by atoms with Gasteiger partial charge in [0.15, 0.2) is 5.78 Å². The zero-order valence-electron chi connectivity index (χ0n) is 9.04. The fraction of sp³-hybridized carbons (Fsp3) is 0.0833. The van der Waals surface area contributed by atoms with Crippen LogP contribution in [0.25, 0.3) is 10.8 Å². The Kier molecular flexibility index (Phi) is 3.10. The van der Waals surface area contributed by atoms with Crippen molar-refractivity contribution in [1.29, 1.82) is 0 Å². The van der Waals surface area contributed by atoms with Gasteiger partial charge in [0.2, 0.25) is 0 Å². The number of carbonyl (C=O) groups is 1. The Bertz CT molecular complexity index is 651. The summed E-state index contributed by atoms with van der Waals surface area (Å²) in [4.78, 5) is 11.2. The molecule has 0 saturated heterocycles. The molecule has 0 saturated carbocycles. The molecule has 0 bridgehead atoms. The van der Waals surface area contributed by atoms with E-state index in [9.17, 15) is 13.2 Å². The first-order valence-electron chi connectivity index (χ1n) is 4.93. The number of hydrogen-bond acceptors (Lipinski definition) is 4. The molecule has 0 aliphatic rings. The van der Waals surface area contributed by atoms with Crippen LogP contribution in [0.2, 0.25) is 0 Å². The van der Waals surface area contributed by atoms with E-state index in [1.165, 1.54) is 6.92 Å². The largest absolute Gasteiger partial charge is 0.384 e. The summed E-state index contributed by atoms with van der Waals surface area (Å²) >= 11 is 0. The van der Waals surface area contributed by atoms with Gasteiger partial charge in [-0.3, -0.25) is 4.79 Å². The monoisotopic (exact) mass is 250 g/mol. The molecule has 0 heterocycles. The van der Waals surface area contributed by atoms with Crippen LogP contribution in [0.5, 0.6) is 5.75 Å². The number of carbonyl (C=O) groups excluding carboxylic acids is 1. The smallest absolute Gasteiger partial charge is 0.299 e. The Labute approximate surface area is 100.0 Å². The lowest BCUT2D eigenvalue weighted by Crippen LogP contribution is -1.92. The lowest BCUT2D eigenvalue weighted by molar-refractivity contribution is 0.101. The number of hydrogen-bond donors (Lipinski definition) is 1. The lowest BCUT2D eigenvalue weighted by atomic mass is 10.0. The molecular formula is C12H10O4S. The van der Waals surface area contributed by atoms with E-state index in [1.807, 2.05) is 0 Å². The van der Waals surface area contributed by atoms with Gasteiger partial charge in [0.1, 0.15) is 5.75 Å². The second kappa shape index (κ2) is 4.55. The summed E-state index contributed by atoms with van der Waals surface area (Å²) in [6.07, 6.45) is 0. The van der Waals surface area contributed by atoms with Crippen LogP contribution in [0.15, 0.2) is 36.4 Å². The molecule has 0 aliphatic heterocycles. The van der Waals surface area contributed by atoms with Crippen LogP contribution >= 0.6 is 0 Å². The molecular weight excluding hydrogens is 240 g/mol. The summed E-state index contributed by atoms with van der Waals surface area (Å²) in [6, 6.07) is 10.1. The van der Waals surface area contributed by atoms with Gasteiger partial charge in [-0.15, -0.1) is 0 Å². The summed E-state index contributed by atoms with van der Waals surface area (Å²) in [6.45, 7) is 1.50. The van der Waals surface area contributed by atoms with Crippen LogP contribution in [0, 0.1) is 0 Å². The number of rotatable bonds is 3. The predicted octanol–water partition coefficient (Wildman–Crippen LogP) is 1.95. The Hall–Kier alpha value is -1.88. The van der Waals surface area contributed by atoms with Crippen molar-refractivity contribution >= 4 is 27.5 Å². The lowest BCUT2D eigenvalue weighted by Gasteiger charge is -2.03. The molecule has 0 aliphatic carbocycles. The second-order valence-corrected chi connectivity index (χ2v) is 4.22. The van der Waals surface area contributed by atoms with Crippen LogP contribution in [0.1, 0.15) is 17.3 Å². The first-order valence-corrected chi connectivity index (χ1v) is 6.03. The molecule has 0 atom stereocenters. The van der Waals surface area contributed by atoms with Gasteiger partial charge in [0.05, 0.1) is 0 Å². The first-order chi connectivity index (χ1) is 8.06. The molecule has 0 unspecified atom stereocenters. The van der Waals surface area contributed by atoms with E-state index in [4.69, 9.17) is 0 Å². The second-order valence-electron chi connectivity index (χ2n) is 3.59. The van der Waals surface area contributed by atoms with Crippen LogP contribution in [0.3, 0.4) is 0 Å². The molecule has 17 heavy (non-hydrogen) atoms. The zero-order valence-corrected chi connectivity index (χ0v) is 9.94. The van der Waals surface area contributed by atoms with Gasteiger partial charge < -0.3 is 4.18 Å². The number of thiol groups is 1. The van der Waals surface area contributed by atoms with Gasteiger partial charge >= 0.3 is 0 Å².